The van der Waals surface area contributed by atoms with E-state index in [1.807, 2.05) is 6.07 Å². The number of nitriles is 1. The van der Waals surface area contributed by atoms with Crippen LogP contribution in [-0.4, -0.2) is 16.5 Å². The summed E-state index contributed by atoms with van der Waals surface area (Å²) in [4.78, 5) is 13.7. The molecule has 1 N–H and O–H groups in total. The number of nitro groups is 1. The summed E-state index contributed by atoms with van der Waals surface area (Å²) in [7, 11) is 0. The number of nitrogens with zero attached hydrogens (tertiary/aromatic N) is 3. The Kier molecular flexibility index (Phi) is 3.82. The van der Waals surface area contributed by atoms with Gasteiger partial charge >= 0.3 is 0 Å². The maximum absolute atomic E-state index is 10.4. The van der Waals surface area contributed by atoms with Crippen LogP contribution in [-0.2, 0) is 0 Å². The molecule has 0 atom stereocenters. The van der Waals surface area contributed by atoms with E-state index in [1.54, 1.807) is 0 Å². The van der Waals surface area contributed by atoms with Gasteiger partial charge in [0.1, 0.15) is 23.6 Å². The molecule has 1 aromatic heterocycles. The molecule has 0 saturated heterocycles. The van der Waals surface area contributed by atoms with E-state index in [0.29, 0.717) is 18.8 Å². The standard InChI is InChI=1S/C10H8N4O2/c1-2-3-4-12-10-8(6-11)5-9(7-13-10)14(15)16/h1,5,7H,3-4H2,(H,12,13). The third-order valence-corrected chi connectivity index (χ3v) is 1.77. The fraction of sp³-hybridized carbons (Fsp3) is 0.200. The minimum atomic E-state index is -0.598. The molecule has 0 aromatic carbocycles. The van der Waals surface area contributed by atoms with Crippen molar-refractivity contribution in [3.05, 3.63) is 27.9 Å². The van der Waals surface area contributed by atoms with Gasteiger partial charge < -0.3 is 5.32 Å². The predicted octanol–water partition coefficient (Wildman–Crippen LogP) is 1.30. The van der Waals surface area contributed by atoms with Crippen molar-refractivity contribution < 1.29 is 4.92 Å². The van der Waals surface area contributed by atoms with Crippen LogP contribution in [0.3, 0.4) is 0 Å². The summed E-state index contributed by atoms with van der Waals surface area (Å²) in [6.07, 6.45) is 6.65. The van der Waals surface area contributed by atoms with Gasteiger partial charge in [-0.2, -0.15) is 5.26 Å². The summed E-state index contributed by atoms with van der Waals surface area (Å²) in [5.74, 6) is 2.73. The molecule has 0 spiro atoms. The molecular formula is C10H8N4O2. The highest BCUT2D eigenvalue weighted by Gasteiger charge is 2.11. The Morgan fingerprint density at radius 1 is 1.69 bits per heavy atom. The average molecular weight is 216 g/mol. The van der Waals surface area contributed by atoms with Crippen molar-refractivity contribution in [2.75, 3.05) is 11.9 Å². The highest BCUT2D eigenvalue weighted by Crippen LogP contribution is 2.17. The molecule has 0 bridgehead atoms. The zero-order valence-electron chi connectivity index (χ0n) is 8.30. The molecule has 0 radical (unpaired) electrons. The number of aromatic nitrogens is 1. The fourth-order valence-corrected chi connectivity index (χ4v) is 1.03. The van der Waals surface area contributed by atoms with Gasteiger partial charge in [0.2, 0.25) is 0 Å². The Labute approximate surface area is 92.1 Å². The molecule has 0 aliphatic carbocycles. The van der Waals surface area contributed by atoms with Gasteiger partial charge in [-0.3, -0.25) is 10.1 Å². The first-order valence-electron chi connectivity index (χ1n) is 4.41. The monoisotopic (exact) mass is 216 g/mol. The molecule has 6 nitrogen and oxygen atoms in total. The van der Waals surface area contributed by atoms with E-state index in [0.717, 1.165) is 6.20 Å². The smallest absolute Gasteiger partial charge is 0.289 e. The molecule has 0 fully saturated rings. The van der Waals surface area contributed by atoms with Crippen LogP contribution in [0.15, 0.2) is 12.3 Å². The van der Waals surface area contributed by atoms with E-state index in [9.17, 15) is 10.1 Å². The van der Waals surface area contributed by atoms with Gasteiger partial charge in [-0.15, -0.1) is 12.3 Å². The first-order chi connectivity index (χ1) is 7.69. The van der Waals surface area contributed by atoms with Crippen molar-refractivity contribution in [2.45, 2.75) is 6.42 Å². The number of hydrogen-bond donors (Lipinski definition) is 1. The number of terminal acetylenes is 1. The Morgan fingerprint density at radius 3 is 3.00 bits per heavy atom. The average Bonchev–Trinajstić information content (AvgIpc) is 2.29. The molecule has 6 heteroatoms. The molecule has 16 heavy (non-hydrogen) atoms. The summed E-state index contributed by atoms with van der Waals surface area (Å²) < 4.78 is 0. The summed E-state index contributed by atoms with van der Waals surface area (Å²) in [6.45, 7) is 0.468. The van der Waals surface area contributed by atoms with Crippen molar-refractivity contribution in [3.63, 3.8) is 0 Å². The van der Waals surface area contributed by atoms with Crippen molar-refractivity contribution in [1.82, 2.24) is 4.98 Å². The lowest BCUT2D eigenvalue weighted by Crippen LogP contribution is -2.05. The molecule has 1 heterocycles. The summed E-state index contributed by atoms with van der Waals surface area (Å²) in [5, 5.41) is 22.1. The second kappa shape index (κ2) is 5.32. The van der Waals surface area contributed by atoms with Crippen LogP contribution in [0.25, 0.3) is 0 Å². The predicted molar refractivity (Wildman–Crippen MR) is 57.5 cm³/mol. The molecule has 1 aromatic rings. The summed E-state index contributed by atoms with van der Waals surface area (Å²) in [6, 6.07) is 3.01. The normalized spacial score (nSPS) is 8.88. The molecule has 1 rings (SSSR count). The van der Waals surface area contributed by atoms with Crippen LogP contribution in [0.1, 0.15) is 12.0 Å². The van der Waals surface area contributed by atoms with E-state index in [-0.39, 0.29) is 11.3 Å². The highest BCUT2D eigenvalue weighted by molar-refractivity contribution is 5.55. The summed E-state index contributed by atoms with van der Waals surface area (Å²) >= 11 is 0. The maximum atomic E-state index is 10.4. The van der Waals surface area contributed by atoms with Gasteiger partial charge in [-0.25, -0.2) is 4.98 Å². The van der Waals surface area contributed by atoms with Crippen LogP contribution in [0.2, 0.25) is 0 Å². The van der Waals surface area contributed by atoms with Crippen molar-refractivity contribution in [2.24, 2.45) is 0 Å². The Bertz CT molecular complexity index is 485. The van der Waals surface area contributed by atoms with Crippen molar-refractivity contribution >= 4 is 11.5 Å². The van der Waals surface area contributed by atoms with Crippen LogP contribution in [0, 0.1) is 33.8 Å². The minimum absolute atomic E-state index is 0.131. The van der Waals surface area contributed by atoms with Gasteiger partial charge in [-0.1, -0.05) is 0 Å². The van der Waals surface area contributed by atoms with Gasteiger partial charge in [0.05, 0.1) is 4.92 Å². The zero-order chi connectivity index (χ0) is 12.0. The minimum Gasteiger partial charge on any atom is -0.368 e. The fourth-order valence-electron chi connectivity index (χ4n) is 1.03. The second-order valence-electron chi connectivity index (χ2n) is 2.84. The number of anilines is 1. The van der Waals surface area contributed by atoms with E-state index in [4.69, 9.17) is 11.7 Å². The SMILES string of the molecule is C#CCCNc1ncc([N+](=O)[O-])cc1C#N. The largest absolute Gasteiger partial charge is 0.368 e. The third kappa shape index (κ3) is 2.69. The lowest BCUT2D eigenvalue weighted by atomic mass is 10.2. The first kappa shape index (κ1) is 11.5. The maximum Gasteiger partial charge on any atom is 0.289 e. The lowest BCUT2D eigenvalue weighted by molar-refractivity contribution is -0.385. The molecule has 0 amide bonds. The molecule has 0 saturated carbocycles. The van der Waals surface area contributed by atoms with Gasteiger partial charge in [-0.05, 0) is 0 Å². The second-order valence-corrected chi connectivity index (χ2v) is 2.84. The highest BCUT2D eigenvalue weighted by atomic mass is 16.6. The number of pyridine rings is 1. The number of rotatable bonds is 4. The van der Waals surface area contributed by atoms with E-state index in [2.05, 4.69) is 16.2 Å². The van der Waals surface area contributed by atoms with Crippen LogP contribution >= 0.6 is 0 Å². The van der Waals surface area contributed by atoms with E-state index < -0.39 is 4.92 Å². The third-order valence-electron chi connectivity index (χ3n) is 1.77. The van der Waals surface area contributed by atoms with E-state index in [1.165, 1.54) is 6.07 Å². The number of nitrogens with one attached hydrogen (secondary N) is 1. The topological polar surface area (TPSA) is 91.8 Å². The van der Waals surface area contributed by atoms with Gasteiger partial charge in [0.15, 0.2) is 0 Å². The molecule has 0 aliphatic rings. The quantitative estimate of drug-likeness (QED) is 0.354. The Morgan fingerprint density at radius 2 is 2.44 bits per heavy atom. The van der Waals surface area contributed by atoms with Gasteiger partial charge in [0, 0.05) is 19.0 Å². The molecule has 80 valence electrons. The van der Waals surface area contributed by atoms with E-state index >= 15 is 0 Å². The number of hydrogen-bond acceptors (Lipinski definition) is 5. The molecular weight excluding hydrogens is 208 g/mol. The van der Waals surface area contributed by atoms with Crippen molar-refractivity contribution in [3.8, 4) is 18.4 Å². The zero-order valence-corrected chi connectivity index (χ0v) is 8.30. The van der Waals surface area contributed by atoms with Gasteiger partial charge in [0.25, 0.3) is 5.69 Å². The van der Waals surface area contributed by atoms with Crippen LogP contribution in [0.5, 0.6) is 0 Å². The Balaban J connectivity index is 2.91. The molecule has 0 unspecified atom stereocenters. The Hall–Kier alpha value is -2.60. The van der Waals surface area contributed by atoms with Crippen LogP contribution < -0.4 is 5.32 Å². The van der Waals surface area contributed by atoms with Crippen LogP contribution in [0.4, 0.5) is 11.5 Å². The first-order valence-corrected chi connectivity index (χ1v) is 4.41. The molecule has 0 aliphatic heterocycles. The summed E-state index contributed by atoms with van der Waals surface area (Å²) in [5.41, 5.74) is -0.0785. The van der Waals surface area contributed by atoms with Crippen molar-refractivity contribution in [1.29, 1.82) is 5.26 Å². The lowest BCUT2D eigenvalue weighted by Gasteiger charge is -2.04.